The molecule has 4 rings (SSSR count). The molecule has 0 bridgehead atoms. The van der Waals surface area contributed by atoms with Crippen molar-refractivity contribution in [3.8, 4) is 5.82 Å². The van der Waals surface area contributed by atoms with Gasteiger partial charge >= 0.3 is 0 Å². The lowest BCUT2D eigenvalue weighted by atomic mass is 10.2. The predicted octanol–water partition coefficient (Wildman–Crippen LogP) is 2.59. The fourth-order valence-electron chi connectivity index (χ4n) is 2.66. The molecule has 1 aromatic carbocycles. The van der Waals surface area contributed by atoms with Crippen LogP contribution >= 0.6 is 0 Å². The van der Waals surface area contributed by atoms with Gasteiger partial charge in [0.15, 0.2) is 11.6 Å². The molecular weight excluding hydrogens is 316 g/mol. The zero-order chi connectivity index (χ0) is 17.2. The number of nitrogens with zero attached hydrogens (tertiary/aromatic N) is 4. The third-order valence-corrected chi connectivity index (χ3v) is 3.88. The standard InChI is InChI=1S/C18H16N6O/c1-12-7-8-15(18(25)23-14-5-3-2-4-6-14)17(22-12)24-16-13(10-21-24)9-19-11-20-16/h2-8,10-11H,9H2,1H3,(H,19,20)(H,23,25). The zero-order valence-electron chi connectivity index (χ0n) is 13.6. The van der Waals surface area contributed by atoms with E-state index in [2.05, 4.69) is 25.7 Å². The molecule has 0 aliphatic carbocycles. The highest BCUT2D eigenvalue weighted by Crippen LogP contribution is 2.26. The molecule has 2 aromatic heterocycles. The van der Waals surface area contributed by atoms with Gasteiger partial charge in [-0.3, -0.25) is 4.79 Å². The molecule has 7 nitrogen and oxygen atoms in total. The molecule has 0 fully saturated rings. The van der Waals surface area contributed by atoms with E-state index in [0.717, 1.165) is 16.9 Å². The second-order valence-electron chi connectivity index (χ2n) is 5.69. The summed E-state index contributed by atoms with van der Waals surface area (Å²) in [5.74, 6) is 0.912. The van der Waals surface area contributed by atoms with Gasteiger partial charge in [-0.25, -0.2) is 9.98 Å². The van der Waals surface area contributed by atoms with Gasteiger partial charge in [0.05, 0.1) is 18.1 Å². The minimum Gasteiger partial charge on any atom is -0.372 e. The largest absolute Gasteiger partial charge is 0.372 e. The number of nitrogens with one attached hydrogen (secondary N) is 2. The van der Waals surface area contributed by atoms with E-state index in [9.17, 15) is 4.79 Å². The summed E-state index contributed by atoms with van der Waals surface area (Å²) in [6.07, 6.45) is 3.36. The van der Waals surface area contributed by atoms with Crippen LogP contribution in [0.3, 0.4) is 0 Å². The molecule has 1 aliphatic heterocycles. The van der Waals surface area contributed by atoms with Crippen molar-refractivity contribution >= 4 is 23.8 Å². The number of carbonyl (C=O) groups is 1. The van der Waals surface area contributed by atoms with Crippen molar-refractivity contribution in [2.45, 2.75) is 13.5 Å². The summed E-state index contributed by atoms with van der Waals surface area (Å²) in [6, 6.07) is 12.9. The molecule has 0 spiro atoms. The molecule has 0 unspecified atom stereocenters. The Hall–Kier alpha value is -3.48. The second-order valence-corrected chi connectivity index (χ2v) is 5.69. The lowest BCUT2D eigenvalue weighted by molar-refractivity contribution is 0.102. The van der Waals surface area contributed by atoms with Crippen LogP contribution in [0.25, 0.3) is 5.82 Å². The molecular formula is C18H16N6O. The quantitative estimate of drug-likeness (QED) is 0.772. The van der Waals surface area contributed by atoms with Crippen molar-refractivity contribution in [1.29, 1.82) is 0 Å². The summed E-state index contributed by atoms with van der Waals surface area (Å²) in [5.41, 5.74) is 2.92. The van der Waals surface area contributed by atoms with Crippen LogP contribution in [0, 0.1) is 6.92 Å². The smallest absolute Gasteiger partial charge is 0.259 e. The van der Waals surface area contributed by atoms with Gasteiger partial charge in [-0.05, 0) is 31.2 Å². The Bertz CT molecular complexity index is 961. The number of carbonyl (C=O) groups excluding carboxylic acids is 1. The number of rotatable bonds is 3. The maximum absolute atomic E-state index is 12.8. The lowest BCUT2D eigenvalue weighted by Crippen LogP contribution is -2.18. The average molecular weight is 332 g/mol. The Kier molecular flexibility index (Phi) is 3.74. The first-order chi connectivity index (χ1) is 12.2. The number of amides is 1. The SMILES string of the molecule is Cc1ccc(C(=O)Nc2ccccc2)c(-n2ncc3c2N=CNC3)n1. The Morgan fingerprint density at radius 3 is 2.88 bits per heavy atom. The van der Waals surface area contributed by atoms with Gasteiger partial charge in [0.2, 0.25) is 0 Å². The van der Waals surface area contributed by atoms with E-state index in [-0.39, 0.29) is 5.91 Å². The van der Waals surface area contributed by atoms with Crippen LogP contribution in [0.2, 0.25) is 0 Å². The third-order valence-electron chi connectivity index (χ3n) is 3.88. The molecule has 124 valence electrons. The first-order valence-corrected chi connectivity index (χ1v) is 7.89. The number of aliphatic imine (C=N–C) groups is 1. The van der Waals surface area contributed by atoms with Crippen LogP contribution in [0.4, 0.5) is 11.5 Å². The van der Waals surface area contributed by atoms with Gasteiger partial charge in [0, 0.05) is 23.5 Å². The topological polar surface area (TPSA) is 84.2 Å². The van der Waals surface area contributed by atoms with Crippen LogP contribution in [-0.2, 0) is 6.54 Å². The van der Waals surface area contributed by atoms with Crippen LogP contribution in [0.5, 0.6) is 0 Å². The molecule has 3 heterocycles. The molecule has 25 heavy (non-hydrogen) atoms. The molecule has 7 heteroatoms. The normalized spacial score (nSPS) is 12.4. The van der Waals surface area contributed by atoms with Gasteiger partial charge in [0.25, 0.3) is 5.91 Å². The van der Waals surface area contributed by atoms with Crippen molar-refractivity contribution in [3.05, 3.63) is 65.5 Å². The Balaban J connectivity index is 1.76. The van der Waals surface area contributed by atoms with Gasteiger partial charge in [0.1, 0.15) is 0 Å². The Morgan fingerprint density at radius 1 is 1.20 bits per heavy atom. The zero-order valence-corrected chi connectivity index (χ0v) is 13.6. The molecule has 0 saturated heterocycles. The van der Waals surface area contributed by atoms with Gasteiger partial charge in [-0.1, -0.05) is 18.2 Å². The van der Waals surface area contributed by atoms with E-state index in [1.165, 1.54) is 0 Å². The number of fused-ring (bicyclic) bond motifs is 1. The molecule has 1 amide bonds. The molecule has 0 radical (unpaired) electrons. The third kappa shape index (κ3) is 2.87. The first-order valence-electron chi connectivity index (χ1n) is 7.89. The molecule has 3 aromatic rings. The molecule has 0 atom stereocenters. The van der Waals surface area contributed by atoms with Crippen LogP contribution in [-0.4, -0.2) is 27.0 Å². The number of hydrogen-bond acceptors (Lipinski definition) is 5. The summed E-state index contributed by atoms with van der Waals surface area (Å²) >= 11 is 0. The Labute approximate surface area is 144 Å². The van der Waals surface area contributed by atoms with Crippen LogP contribution < -0.4 is 10.6 Å². The maximum atomic E-state index is 12.8. The second kappa shape index (κ2) is 6.20. The van der Waals surface area contributed by atoms with Crippen LogP contribution in [0.15, 0.2) is 53.7 Å². The fraction of sp³-hybridized carbons (Fsp3) is 0.111. The number of aryl methyl sites for hydroxylation is 1. The summed E-state index contributed by atoms with van der Waals surface area (Å²) in [7, 11) is 0. The van der Waals surface area contributed by atoms with E-state index in [4.69, 9.17) is 0 Å². The van der Waals surface area contributed by atoms with Crippen molar-refractivity contribution < 1.29 is 4.79 Å². The Morgan fingerprint density at radius 2 is 2.04 bits per heavy atom. The highest BCUT2D eigenvalue weighted by atomic mass is 16.1. The summed E-state index contributed by atoms with van der Waals surface area (Å²) < 4.78 is 1.61. The summed E-state index contributed by atoms with van der Waals surface area (Å²) in [6.45, 7) is 2.53. The summed E-state index contributed by atoms with van der Waals surface area (Å²) in [4.78, 5) is 21.6. The van der Waals surface area contributed by atoms with E-state index in [0.29, 0.717) is 23.7 Å². The van der Waals surface area contributed by atoms with E-state index in [1.807, 2.05) is 43.3 Å². The van der Waals surface area contributed by atoms with Crippen molar-refractivity contribution in [1.82, 2.24) is 20.1 Å². The number of anilines is 1. The van der Waals surface area contributed by atoms with Crippen LogP contribution in [0.1, 0.15) is 21.6 Å². The molecule has 1 aliphatic rings. The van der Waals surface area contributed by atoms with Crippen molar-refractivity contribution in [2.24, 2.45) is 4.99 Å². The van der Waals surface area contributed by atoms with Gasteiger partial charge < -0.3 is 10.6 Å². The maximum Gasteiger partial charge on any atom is 0.259 e. The number of aromatic nitrogens is 3. The van der Waals surface area contributed by atoms with Crippen molar-refractivity contribution in [3.63, 3.8) is 0 Å². The van der Waals surface area contributed by atoms with Gasteiger partial charge in [-0.15, -0.1) is 0 Å². The number of para-hydroxylation sites is 1. The predicted molar refractivity (Wildman–Crippen MR) is 95.5 cm³/mol. The lowest BCUT2D eigenvalue weighted by Gasteiger charge is -2.13. The number of hydrogen-bond donors (Lipinski definition) is 2. The molecule has 2 N–H and O–H groups in total. The minimum atomic E-state index is -0.240. The number of benzene rings is 1. The summed E-state index contributed by atoms with van der Waals surface area (Å²) in [5, 5.41) is 10.3. The average Bonchev–Trinajstić information content (AvgIpc) is 3.06. The van der Waals surface area contributed by atoms with E-state index >= 15 is 0 Å². The number of pyridine rings is 1. The van der Waals surface area contributed by atoms with Gasteiger partial charge in [-0.2, -0.15) is 9.78 Å². The van der Waals surface area contributed by atoms with Crippen molar-refractivity contribution in [2.75, 3.05) is 5.32 Å². The minimum absolute atomic E-state index is 0.240. The monoisotopic (exact) mass is 332 g/mol. The first kappa shape index (κ1) is 15.1. The molecule has 0 saturated carbocycles. The highest BCUT2D eigenvalue weighted by molar-refractivity contribution is 6.06. The van der Waals surface area contributed by atoms with E-state index < -0.39 is 0 Å². The highest BCUT2D eigenvalue weighted by Gasteiger charge is 2.20. The van der Waals surface area contributed by atoms with E-state index in [1.54, 1.807) is 23.3 Å². The fourth-order valence-corrected chi connectivity index (χ4v) is 2.66.